The fourth-order valence-electron chi connectivity index (χ4n) is 5.20. The summed E-state index contributed by atoms with van der Waals surface area (Å²) in [5, 5.41) is 10.2. The molecule has 3 atom stereocenters. The first kappa shape index (κ1) is 17.8. The molecule has 2 aromatic carbocycles. The molecule has 0 unspecified atom stereocenters. The largest absolute Gasteiger partial charge is 0.493 e. The number of benzene rings is 2. The van der Waals surface area contributed by atoms with Gasteiger partial charge in [0.05, 0.1) is 18.6 Å². The summed E-state index contributed by atoms with van der Waals surface area (Å²) in [6.45, 7) is 5.01. The maximum Gasteiger partial charge on any atom is 0.166 e. The second-order valence-electron chi connectivity index (χ2n) is 8.33. The van der Waals surface area contributed by atoms with E-state index in [9.17, 15) is 5.11 Å². The monoisotopic (exact) mass is 377 g/mol. The number of rotatable bonds is 3. The summed E-state index contributed by atoms with van der Waals surface area (Å²) in [4.78, 5) is 2.54. The minimum absolute atomic E-state index is 0.0337. The first-order valence-corrected chi connectivity index (χ1v) is 10.1. The van der Waals surface area contributed by atoms with Gasteiger partial charge >= 0.3 is 0 Å². The quantitative estimate of drug-likeness (QED) is 0.828. The van der Waals surface area contributed by atoms with Gasteiger partial charge in [0.2, 0.25) is 0 Å². The van der Waals surface area contributed by atoms with Gasteiger partial charge in [-0.25, -0.2) is 0 Å². The van der Waals surface area contributed by atoms with E-state index in [0.717, 1.165) is 37.6 Å². The van der Waals surface area contributed by atoms with Gasteiger partial charge in [0, 0.05) is 31.6 Å². The van der Waals surface area contributed by atoms with Crippen LogP contribution in [0.1, 0.15) is 35.1 Å². The van der Waals surface area contributed by atoms with Crippen LogP contribution in [0.4, 0.5) is 0 Å². The zero-order chi connectivity index (χ0) is 19.3. The average molecular weight is 377 g/mol. The van der Waals surface area contributed by atoms with E-state index < -0.39 is 6.10 Å². The van der Waals surface area contributed by atoms with Crippen LogP contribution in [0, 0.1) is 6.92 Å². The van der Waals surface area contributed by atoms with Gasteiger partial charge in [-0.1, -0.05) is 42.5 Å². The second kappa shape index (κ2) is 6.64. The molecule has 4 heteroatoms. The number of hydrogen-bond acceptors (Lipinski definition) is 4. The number of ether oxygens (including phenoxy) is 2. The fraction of sp³-hybridized carbons (Fsp3) is 0.417. The predicted molar refractivity (Wildman–Crippen MR) is 109 cm³/mol. The average Bonchev–Trinajstić information content (AvgIpc) is 2.93. The molecule has 0 amide bonds. The standard InChI is InChI=1S/C24H27NO3/c1-16-12-20(27-2)23-22-19(16)15-25(14-17-6-4-3-5-7-17)11-10-24(22)9-8-18(26)13-21(24)28-23/h3-9,12,18,21,26H,10-11,13-15H2,1-2H3/t18-,21-,24+/m1/s1. The Balaban J connectivity index is 1.61. The van der Waals surface area contributed by atoms with Crippen molar-refractivity contribution >= 4 is 0 Å². The molecule has 28 heavy (non-hydrogen) atoms. The molecule has 2 heterocycles. The van der Waals surface area contributed by atoms with Crippen LogP contribution in [0.15, 0.2) is 48.6 Å². The first-order valence-electron chi connectivity index (χ1n) is 10.1. The topological polar surface area (TPSA) is 41.9 Å². The van der Waals surface area contributed by atoms with Crippen LogP contribution >= 0.6 is 0 Å². The molecule has 0 saturated heterocycles. The summed E-state index contributed by atoms with van der Waals surface area (Å²) in [5.74, 6) is 1.69. The molecular weight excluding hydrogens is 350 g/mol. The Bertz CT molecular complexity index is 923. The minimum atomic E-state index is -0.441. The summed E-state index contributed by atoms with van der Waals surface area (Å²) in [7, 11) is 1.71. The maximum atomic E-state index is 10.2. The lowest BCUT2D eigenvalue weighted by Gasteiger charge is -2.36. The summed E-state index contributed by atoms with van der Waals surface area (Å²) in [6.07, 6.45) is 5.32. The summed E-state index contributed by atoms with van der Waals surface area (Å²) < 4.78 is 12.1. The van der Waals surface area contributed by atoms with Gasteiger partial charge in [0.25, 0.3) is 0 Å². The molecule has 2 aromatic rings. The van der Waals surface area contributed by atoms with Crippen LogP contribution in [-0.2, 0) is 18.5 Å². The van der Waals surface area contributed by atoms with Crippen LogP contribution in [0.25, 0.3) is 0 Å². The normalized spacial score (nSPS) is 28.2. The Labute approximate surface area is 166 Å². The Morgan fingerprint density at radius 2 is 2.11 bits per heavy atom. The van der Waals surface area contributed by atoms with Crippen molar-refractivity contribution in [2.75, 3.05) is 13.7 Å². The van der Waals surface area contributed by atoms with E-state index in [2.05, 4.69) is 54.3 Å². The number of aryl methyl sites for hydroxylation is 1. The Hall–Kier alpha value is -2.30. The van der Waals surface area contributed by atoms with Gasteiger partial charge in [-0.15, -0.1) is 0 Å². The van der Waals surface area contributed by atoms with Gasteiger partial charge in [-0.05, 0) is 36.1 Å². The first-order chi connectivity index (χ1) is 13.6. The fourth-order valence-corrected chi connectivity index (χ4v) is 5.20. The van der Waals surface area contributed by atoms with Gasteiger partial charge in [0.1, 0.15) is 6.10 Å². The molecule has 3 aliphatic rings. The highest BCUT2D eigenvalue weighted by Gasteiger charge is 2.53. The molecule has 1 N–H and O–H groups in total. The zero-order valence-corrected chi connectivity index (χ0v) is 16.5. The third-order valence-corrected chi connectivity index (χ3v) is 6.64. The van der Waals surface area contributed by atoms with E-state index in [1.54, 1.807) is 7.11 Å². The molecule has 0 radical (unpaired) electrons. The van der Waals surface area contributed by atoms with Crippen molar-refractivity contribution in [1.29, 1.82) is 0 Å². The third kappa shape index (κ3) is 2.66. The smallest absolute Gasteiger partial charge is 0.166 e. The molecule has 0 aromatic heterocycles. The lowest BCUT2D eigenvalue weighted by atomic mass is 9.68. The summed E-state index contributed by atoms with van der Waals surface area (Å²) >= 11 is 0. The molecule has 0 fully saturated rings. The Kier molecular flexibility index (Phi) is 4.22. The van der Waals surface area contributed by atoms with E-state index in [0.29, 0.717) is 6.42 Å². The van der Waals surface area contributed by atoms with Gasteiger partial charge in [-0.2, -0.15) is 0 Å². The number of aliphatic hydroxyl groups is 1. The van der Waals surface area contributed by atoms with Crippen molar-refractivity contribution in [3.05, 3.63) is 70.8 Å². The van der Waals surface area contributed by atoms with Crippen LogP contribution < -0.4 is 9.47 Å². The van der Waals surface area contributed by atoms with Crippen LogP contribution in [0.5, 0.6) is 11.5 Å². The lowest BCUT2D eigenvalue weighted by molar-refractivity contribution is 0.0806. The lowest BCUT2D eigenvalue weighted by Crippen LogP contribution is -2.43. The molecule has 1 spiro atoms. The van der Waals surface area contributed by atoms with E-state index in [1.165, 1.54) is 22.3 Å². The number of nitrogens with zero attached hydrogens (tertiary/aromatic N) is 1. The Morgan fingerprint density at radius 1 is 1.29 bits per heavy atom. The van der Waals surface area contributed by atoms with Gasteiger partial charge in [0.15, 0.2) is 11.5 Å². The number of hydrogen-bond donors (Lipinski definition) is 1. The van der Waals surface area contributed by atoms with Gasteiger partial charge in [-0.3, -0.25) is 4.90 Å². The van der Waals surface area contributed by atoms with Crippen molar-refractivity contribution in [1.82, 2.24) is 4.90 Å². The van der Waals surface area contributed by atoms with Crippen molar-refractivity contribution < 1.29 is 14.6 Å². The van der Waals surface area contributed by atoms with Crippen LogP contribution in [-0.4, -0.2) is 35.9 Å². The van der Waals surface area contributed by atoms with E-state index in [-0.39, 0.29) is 11.5 Å². The predicted octanol–water partition coefficient (Wildman–Crippen LogP) is 3.73. The van der Waals surface area contributed by atoms with Crippen LogP contribution in [0.2, 0.25) is 0 Å². The molecule has 146 valence electrons. The molecule has 2 aliphatic heterocycles. The van der Waals surface area contributed by atoms with Crippen molar-refractivity contribution in [2.24, 2.45) is 0 Å². The highest BCUT2D eigenvalue weighted by molar-refractivity contribution is 5.63. The van der Waals surface area contributed by atoms with Crippen LogP contribution in [0.3, 0.4) is 0 Å². The molecular formula is C24H27NO3. The summed E-state index contributed by atoms with van der Waals surface area (Å²) in [6, 6.07) is 12.8. The van der Waals surface area contributed by atoms with E-state index in [4.69, 9.17) is 9.47 Å². The molecule has 4 nitrogen and oxygen atoms in total. The molecule has 0 saturated carbocycles. The maximum absolute atomic E-state index is 10.2. The molecule has 0 bridgehead atoms. The van der Waals surface area contributed by atoms with Crippen molar-refractivity contribution in [2.45, 2.75) is 50.5 Å². The Morgan fingerprint density at radius 3 is 2.89 bits per heavy atom. The molecule has 5 rings (SSSR count). The zero-order valence-electron chi connectivity index (χ0n) is 16.5. The second-order valence-corrected chi connectivity index (χ2v) is 8.33. The number of methoxy groups -OCH3 is 1. The highest BCUT2D eigenvalue weighted by atomic mass is 16.5. The molecule has 1 aliphatic carbocycles. The van der Waals surface area contributed by atoms with Gasteiger partial charge < -0.3 is 14.6 Å². The SMILES string of the molecule is COc1cc(C)c2c3c1O[C@@H]1C[C@H](O)C=C[C@@]31CCN(Cc1ccccc1)C2. The van der Waals surface area contributed by atoms with E-state index in [1.807, 2.05) is 6.08 Å². The number of aliphatic hydroxyl groups excluding tert-OH is 1. The van der Waals surface area contributed by atoms with Crippen molar-refractivity contribution in [3.8, 4) is 11.5 Å². The van der Waals surface area contributed by atoms with Crippen molar-refractivity contribution in [3.63, 3.8) is 0 Å². The minimum Gasteiger partial charge on any atom is -0.493 e. The summed E-state index contributed by atoms with van der Waals surface area (Å²) in [5.41, 5.74) is 5.06. The highest BCUT2D eigenvalue weighted by Crippen LogP contribution is 2.56. The van der Waals surface area contributed by atoms with E-state index >= 15 is 0 Å². The third-order valence-electron chi connectivity index (χ3n) is 6.64.